The molecule has 21 heavy (non-hydrogen) atoms. The van der Waals surface area contributed by atoms with Crippen molar-refractivity contribution in [3.05, 3.63) is 0 Å². The van der Waals surface area contributed by atoms with Crippen LogP contribution in [0.25, 0.3) is 0 Å². The van der Waals surface area contributed by atoms with Crippen molar-refractivity contribution >= 4 is 6.03 Å². The molecule has 3 saturated heterocycles. The number of fused-ring (bicyclic) bond motifs is 2. The lowest BCUT2D eigenvalue weighted by atomic mass is 9.82. The molecule has 3 aliphatic heterocycles. The Hall–Kier alpha value is -0.810. The van der Waals surface area contributed by atoms with Gasteiger partial charge in [-0.3, -0.25) is 0 Å². The summed E-state index contributed by atoms with van der Waals surface area (Å²) in [5.74, 6) is 0.265. The van der Waals surface area contributed by atoms with Crippen LogP contribution >= 0.6 is 0 Å². The highest BCUT2D eigenvalue weighted by Gasteiger charge is 2.37. The molecule has 3 unspecified atom stereocenters. The van der Waals surface area contributed by atoms with Gasteiger partial charge in [0.2, 0.25) is 0 Å². The zero-order chi connectivity index (χ0) is 14.8. The minimum atomic E-state index is 0.0841. The predicted molar refractivity (Wildman–Crippen MR) is 82.1 cm³/mol. The first-order chi connectivity index (χ1) is 10.2. The number of nitrogens with one attached hydrogen (secondary N) is 1. The lowest BCUT2D eigenvalue weighted by molar-refractivity contribution is 0.0482. The summed E-state index contributed by atoms with van der Waals surface area (Å²) in [5.41, 5.74) is 0. The number of hydrogen-bond acceptors (Lipinski definition) is 3. The molecule has 3 fully saturated rings. The van der Waals surface area contributed by atoms with Gasteiger partial charge in [-0.15, -0.1) is 0 Å². The maximum Gasteiger partial charge on any atom is 0.317 e. The molecule has 2 bridgehead atoms. The molecule has 3 heterocycles. The fourth-order valence-corrected chi connectivity index (χ4v) is 4.40. The van der Waals surface area contributed by atoms with Gasteiger partial charge in [0.25, 0.3) is 0 Å². The zero-order valence-corrected chi connectivity index (χ0v) is 13.1. The number of likely N-dealkylation sites (tertiary alicyclic amines) is 1. The van der Waals surface area contributed by atoms with Gasteiger partial charge in [-0.1, -0.05) is 6.42 Å². The van der Waals surface area contributed by atoms with Gasteiger partial charge < -0.3 is 20.2 Å². The molecule has 2 amide bonds. The van der Waals surface area contributed by atoms with Crippen LogP contribution < -0.4 is 5.32 Å². The predicted octanol–water partition coefficient (Wildman–Crippen LogP) is 1.42. The molecular formula is C16H29N3O2. The molecule has 0 aromatic heterocycles. The summed E-state index contributed by atoms with van der Waals surface area (Å²) in [7, 11) is 2.24. The van der Waals surface area contributed by atoms with Crippen molar-refractivity contribution in [3.63, 3.8) is 0 Å². The molecule has 0 radical (unpaired) electrons. The molecular weight excluding hydrogens is 266 g/mol. The van der Waals surface area contributed by atoms with Crippen molar-refractivity contribution in [2.24, 2.45) is 5.92 Å². The van der Waals surface area contributed by atoms with E-state index in [0.717, 1.165) is 32.2 Å². The van der Waals surface area contributed by atoms with Gasteiger partial charge >= 0.3 is 6.03 Å². The lowest BCUT2D eigenvalue weighted by Gasteiger charge is -2.47. The van der Waals surface area contributed by atoms with Crippen molar-refractivity contribution in [1.82, 2.24) is 15.1 Å². The van der Waals surface area contributed by atoms with Gasteiger partial charge in [0.05, 0.1) is 0 Å². The highest BCUT2D eigenvalue weighted by Crippen LogP contribution is 2.32. The maximum absolute atomic E-state index is 12.4. The number of piperidine rings is 3. The van der Waals surface area contributed by atoms with E-state index in [2.05, 4.69) is 17.3 Å². The fourth-order valence-electron chi connectivity index (χ4n) is 4.40. The molecule has 3 rings (SSSR count). The van der Waals surface area contributed by atoms with Crippen molar-refractivity contribution in [1.29, 1.82) is 0 Å². The second-order valence-corrected chi connectivity index (χ2v) is 7.16. The van der Waals surface area contributed by atoms with Crippen LogP contribution in [0.5, 0.6) is 0 Å². The number of carbonyl (C=O) groups is 1. The van der Waals surface area contributed by atoms with Crippen LogP contribution in [-0.2, 0) is 0 Å². The lowest BCUT2D eigenvalue weighted by Crippen LogP contribution is -2.57. The summed E-state index contributed by atoms with van der Waals surface area (Å²) in [6.07, 6.45) is 8.12. The van der Waals surface area contributed by atoms with Crippen molar-refractivity contribution in [3.8, 4) is 0 Å². The van der Waals surface area contributed by atoms with Crippen LogP contribution in [0, 0.1) is 5.92 Å². The van der Waals surface area contributed by atoms with E-state index in [0.29, 0.717) is 24.7 Å². The van der Waals surface area contributed by atoms with Gasteiger partial charge in [-0.25, -0.2) is 4.79 Å². The summed E-state index contributed by atoms with van der Waals surface area (Å²) in [6.45, 7) is 1.74. The second kappa shape index (κ2) is 6.53. The van der Waals surface area contributed by atoms with Gasteiger partial charge in [0.1, 0.15) is 0 Å². The van der Waals surface area contributed by atoms with E-state index in [1.54, 1.807) is 0 Å². The Bertz CT molecular complexity index is 363. The Labute approximate surface area is 127 Å². The minimum absolute atomic E-state index is 0.0841. The topological polar surface area (TPSA) is 55.8 Å². The van der Waals surface area contributed by atoms with Crippen molar-refractivity contribution in [2.45, 2.75) is 63.1 Å². The van der Waals surface area contributed by atoms with Crippen LogP contribution in [0.3, 0.4) is 0 Å². The Morgan fingerprint density at radius 2 is 1.90 bits per heavy atom. The third kappa shape index (κ3) is 3.34. The summed E-state index contributed by atoms with van der Waals surface area (Å²) in [4.78, 5) is 16.9. The van der Waals surface area contributed by atoms with E-state index in [9.17, 15) is 9.90 Å². The maximum atomic E-state index is 12.4. The Balaban J connectivity index is 1.53. The molecule has 0 aromatic rings. The average Bonchev–Trinajstić information content (AvgIpc) is 2.48. The van der Waals surface area contributed by atoms with E-state index < -0.39 is 0 Å². The number of rotatable bonds is 2. The van der Waals surface area contributed by atoms with E-state index in [-0.39, 0.29) is 18.6 Å². The van der Waals surface area contributed by atoms with E-state index >= 15 is 0 Å². The molecule has 2 N–H and O–H groups in total. The zero-order valence-electron chi connectivity index (χ0n) is 13.1. The highest BCUT2D eigenvalue weighted by molar-refractivity contribution is 5.74. The molecule has 0 spiro atoms. The smallest absolute Gasteiger partial charge is 0.317 e. The molecule has 3 atom stereocenters. The third-order valence-electron chi connectivity index (χ3n) is 5.73. The number of hydrogen-bond donors (Lipinski definition) is 2. The van der Waals surface area contributed by atoms with Gasteiger partial charge in [0.15, 0.2) is 0 Å². The van der Waals surface area contributed by atoms with E-state index in [1.165, 1.54) is 19.3 Å². The monoisotopic (exact) mass is 295 g/mol. The summed E-state index contributed by atoms with van der Waals surface area (Å²) >= 11 is 0. The molecule has 5 nitrogen and oxygen atoms in total. The van der Waals surface area contributed by atoms with E-state index in [1.807, 2.05) is 4.90 Å². The SMILES string of the molecule is CN1C2CCCC1CC(NC(=O)N1CCCC(CO)C1)C2. The first kappa shape index (κ1) is 15.1. The van der Waals surface area contributed by atoms with Gasteiger partial charge in [-0.05, 0) is 51.5 Å². The molecule has 3 aliphatic rings. The standard InChI is InChI=1S/C16H29N3O2/c1-18-14-5-2-6-15(18)9-13(8-14)17-16(21)19-7-3-4-12(10-19)11-20/h12-15,20H,2-11H2,1H3,(H,17,21). The van der Waals surface area contributed by atoms with Crippen LogP contribution in [-0.4, -0.2) is 65.8 Å². The molecule has 0 saturated carbocycles. The number of nitrogens with zero attached hydrogens (tertiary/aromatic N) is 2. The third-order valence-corrected chi connectivity index (χ3v) is 5.73. The summed E-state index contributed by atoms with van der Waals surface area (Å²) in [5, 5.41) is 12.5. The fraction of sp³-hybridized carbons (Fsp3) is 0.938. The quantitative estimate of drug-likeness (QED) is 0.810. The Morgan fingerprint density at radius 3 is 2.57 bits per heavy atom. The first-order valence-electron chi connectivity index (χ1n) is 8.55. The van der Waals surface area contributed by atoms with Gasteiger partial charge in [-0.2, -0.15) is 0 Å². The molecule has 0 aliphatic carbocycles. The normalized spacial score (nSPS) is 37.3. The van der Waals surface area contributed by atoms with E-state index in [4.69, 9.17) is 0 Å². The Morgan fingerprint density at radius 1 is 1.19 bits per heavy atom. The van der Waals surface area contributed by atoms with Crippen molar-refractivity contribution < 1.29 is 9.90 Å². The molecule has 5 heteroatoms. The first-order valence-corrected chi connectivity index (χ1v) is 8.55. The largest absolute Gasteiger partial charge is 0.396 e. The number of aliphatic hydroxyl groups excluding tert-OH is 1. The Kier molecular flexibility index (Phi) is 4.69. The number of carbonyl (C=O) groups excluding carboxylic acids is 1. The minimum Gasteiger partial charge on any atom is -0.396 e. The van der Waals surface area contributed by atoms with Crippen LogP contribution in [0.1, 0.15) is 44.9 Å². The highest BCUT2D eigenvalue weighted by atomic mass is 16.3. The van der Waals surface area contributed by atoms with Crippen molar-refractivity contribution in [2.75, 3.05) is 26.7 Å². The number of urea groups is 1. The summed E-state index contributed by atoms with van der Waals surface area (Å²) < 4.78 is 0. The van der Waals surface area contributed by atoms with Crippen LogP contribution in [0.4, 0.5) is 4.79 Å². The number of aliphatic hydroxyl groups is 1. The van der Waals surface area contributed by atoms with Gasteiger partial charge in [0, 0.05) is 37.8 Å². The number of amides is 2. The van der Waals surface area contributed by atoms with Crippen LogP contribution in [0.2, 0.25) is 0 Å². The summed E-state index contributed by atoms with van der Waals surface area (Å²) in [6, 6.07) is 1.71. The van der Waals surface area contributed by atoms with Crippen LogP contribution in [0.15, 0.2) is 0 Å². The second-order valence-electron chi connectivity index (χ2n) is 7.16. The molecule has 0 aromatic carbocycles. The average molecular weight is 295 g/mol. The molecule has 120 valence electrons.